The molecule has 110 valence electrons. The Labute approximate surface area is 120 Å². The highest BCUT2D eigenvalue weighted by molar-refractivity contribution is 5.82. The zero-order valence-electron chi connectivity index (χ0n) is 12.6. The van der Waals surface area contributed by atoms with E-state index in [2.05, 4.69) is 6.92 Å². The number of aliphatic hydroxyl groups excluding tert-OH is 1. The second-order valence-corrected chi connectivity index (χ2v) is 5.96. The first-order chi connectivity index (χ1) is 9.39. The largest absolute Gasteiger partial charge is 0.497 e. The molecule has 0 heterocycles. The van der Waals surface area contributed by atoms with Gasteiger partial charge >= 0.3 is 0 Å². The Morgan fingerprint density at radius 2 is 2.10 bits per heavy atom. The summed E-state index contributed by atoms with van der Waals surface area (Å²) in [6, 6.07) is 7.13. The second kappa shape index (κ2) is 5.44. The quantitative estimate of drug-likeness (QED) is 0.899. The summed E-state index contributed by atoms with van der Waals surface area (Å²) in [4.78, 5) is 14.1. The summed E-state index contributed by atoms with van der Waals surface area (Å²) in [5, 5.41) is 10.3. The lowest BCUT2D eigenvalue weighted by atomic mass is 9.98. The summed E-state index contributed by atoms with van der Waals surface area (Å²) < 4.78 is 5.12. The Morgan fingerprint density at radius 3 is 2.65 bits per heavy atom. The van der Waals surface area contributed by atoms with Crippen molar-refractivity contribution in [2.24, 2.45) is 5.41 Å². The fourth-order valence-electron chi connectivity index (χ4n) is 2.42. The van der Waals surface area contributed by atoms with Crippen LogP contribution in [0.25, 0.3) is 0 Å². The monoisotopic (exact) mass is 277 g/mol. The maximum atomic E-state index is 12.4. The molecule has 1 fully saturated rings. The Bertz CT molecular complexity index is 496. The zero-order valence-corrected chi connectivity index (χ0v) is 12.6. The average molecular weight is 277 g/mol. The highest BCUT2D eigenvalue weighted by Crippen LogP contribution is 2.49. The molecule has 1 aromatic carbocycles. The van der Waals surface area contributed by atoms with Crippen molar-refractivity contribution in [2.45, 2.75) is 38.8 Å². The van der Waals surface area contributed by atoms with Crippen molar-refractivity contribution < 1.29 is 14.6 Å². The number of hydrogen-bond donors (Lipinski definition) is 1. The van der Waals surface area contributed by atoms with Crippen LogP contribution < -0.4 is 4.74 Å². The predicted molar refractivity (Wildman–Crippen MR) is 77.5 cm³/mol. The Kier molecular flexibility index (Phi) is 4.04. The molecular formula is C16H23NO3. The van der Waals surface area contributed by atoms with Crippen LogP contribution in [0.3, 0.4) is 0 Å². The van der Waals surface area contributed by atoms with Gasteiger partial charge in [-0.05, 0) is 42.9 Å². The van der Waals surface area contributed by atoms with Crippen LogP contribution in [0.5, 0.6) is 5.75 Å². The molecule has 4 nitrogen and oxygen atoms in total. The van der Waals surface area contributed by atoms with Crippen molar-refractivity contribution in [3.63, 3.8) is 0 Å². The van der Waals surface area contributed by atoms with Gasteiger partial charge in [0.2, 0.25) is 0 Å². The van der Waals surface area contributed by atoms with Crippen LogP contribution in [0.1, 0.15) is 38.4 Å². The fourth-order valence-corrected chi connectivity index (χ4v) is 2.42. The third-order valence-corrected chi connectivity index (χ3v) is 4.62. The number of amides is 1. The predicted octanol–water partition coefficient (Wildman–Crippen LogP) is 2.38. The first kappa shape index (κ1) is 14.9. The van der Waals surface area contributed by atoms with E-state index >= 15 is 0 Å². The molecule has 0 radical (unpaired) electrons. The number of aliphatic hydroxyl groups is 1. The van der Waals surface area contributed by atoms with Gasteiger partial charge in [-0.3, -0.25) is 4.79 Å². The van der Waals surface area contributed by atoms with E-state index in [1.165, 1.54) is 0 Å². The summed E-state index contributed by atoms with van der Waals surface area (Å²) in [5.74, 6) is 0.373. The summed E-state index contributed by atoms with van der Waals surface area (Å²) in [7, 11) is 3.33. The van der Waals surface area contributed by atoms with Gasteiger partial charge in [-0.25, -0.2) is 0 Å². The van der Waals surface area contributed by atoms with Gasteiger partial charge < -0.3 is 14.7 Å². The van der Waals surface area contributed by atoms with Crippen LogP contribution in [0, 0.1) is 5.41 Å². The first-order valence-corrected chi connectivity index (χ1v) is 6.98. The van der Waals surface area contributed by atoms with Crippen molar-refractivity contribution in [3.05, 3.63) is 29.8 Å². The van der Waals surface area contributed by atoms with Gasteiger partial charge in [0.05, 0.1) is 7.11 Å². The molecule has 0 bridgehead atoms. The van der Waals surface area contributed by atoms with Gasteiger partial charge in [-0.1, -0.05) is 19.1 Å². The molecule has 2 unspecified atom stereocenters. The molecular weight excluding hydrogens is 254 g/mol. The van der Waals surface area contributed by atoms with E-state index in [0.717, 1.165) is 12.8 Å². The molecule has 0 saturated heterocycles. The molecule has 1 aliphatic carbocycles. The normalized spacial score (nSPS) is 19.1. The van der Waals surface area contributed by atoms with Crippen LogP contribution in [0.4, 0.5) is 0 Å². The lowest BCUT2D eigenvalue weighted by Gasteiger charge is -2.31. The van der Waals surface area contributed by atoms with Gasteiger partial charge in [-0.15, -0.1) is 0 Å². The van der Waals surface area contributed by atoms with Crippen LogP contribution in [0.15, 0.2) is 24.3 Å². The third kappa shape index (κ3) is 2.80. The van der Waals surface area contributed by atoms with Gasteiger partial charge in [0.25, 0.3) is 5.91 Å². The molecule has 1 amide bonds. The molecule has 4 heteroatoms. The summed E-state index contributed by atoms with van der Waals surface area (Å²) in [6.07, 6.45) is 1.14. The third-order valence-electron chi connectivity index (χ3n) is 4.62. The Balaban J connectivity index is 2.11. The standard InChI is InChI=1S/C16H23NO3/c1-11(16(2)8-9-16)17(3)15(19)14(18)12-6-5-7-13(10-12)20-4/h5-7,10-11,14,18H,8-9H2,1-4H3. The number of carbonyl (C=O) groups is 1. The lowest BCUT2D eigenvalue weighted by molar-refractivity contribution is -0.142. The van der Waals surface area contributed by atoms with Gasteiger partial charge in [0.15, 0.2) is 6.10 Å². The highest BCUT2D eigenvalue weighted by Gasteiger charge is 2.45. The minimum absolute atomic E-state index is 0.134. The van der Waals surface area contributed by atoms with E-state index in [4.69, 9.17) is 4.74 Å². The number of rotatable bonds is 5. The first-order valence-electron chi connectivity index (χ1n) is 6.98. The summed E-state index contributed by atoms with van der Waals surface area (Å²) >= 11 is 0. The van der Waals surface area contributed by atoms with Crippen molar-refractivity contribution in [2.75, 3.05) is 14.2 Å². The van der Waals surface area contributed by atoms with Crippen LogP contribution in [0.2, 0.25) is 0 Å². The Morgan fingerprint density at radius 1 is 1.45 bits per heavy atom. The van der Waals surface area contributed by atoms with Gasteiger partial charge in [0.1, 0.15) is 5.75 Å². The van der Waals surface area contributed by atoms with Crippen molar-refractivity contribution in [1.82, 2.24) is 4.90 Å². The highest BCUT2D eigenvalue weighted by atomic mass is 16.5. The van der Waals surface area contributed by atoms with Crippen LogP contribution in [-0.2, 0) is 4.79 Å². The van der Waals surface area contributed by atoms with Crippen molar-refractivity contribution in [3.8, 4) is 5.75 Å². The van der Waals surface area contributed by atoms with Crippen molar-refractivity contribution in [1.29, 1.82) is 0 Å². The van der Waals surface area contributed by atoms with E-state index in [9.17, 15) is 9.90 Å². The van der Waals surface area contributed by atoms with E-state index in [-0.39, 0.29) is 17.4 Å². The average Bonchev–Trinajstić information content (AvgIpc) is 3.23. The molecule has 1 aromatic rings. The lowest BCUT2D eigenvalue weighted by Crippen LogP contribution is -2.42. The van der Waals surface area contributed by atoms with E-state index in [0.29, 0.717) is 11.3 Å². The van der Waals surface area contributed by atoms with Crippen molar-refractivity contribution >= 4 is 5.91 Å². The number of likely N-dealkylation sites (N-methyl/N-ethyl adjacent to an activating group) is 1. The topological polar surface area (TPSA) is 49.8 Å². The zero-order chi connectivity index (χ0) is 14.9. The number of hydrogen-bond acceptors (Lipinski definition) is 3. The number of nitrogens with zero attached hydrogens (tertiary/aromatic N) is 1. The SMILES string of the molecule is COc1cccc(C(O)C(=O)N(C)C(C)C2(C)CC2)c1. The fraction of sp³-hybridized carbons (Fsp3) is 0.562. The summed E-state index contributed by atoms with van der Waals surface area (Å²) in [6.45, 7) is 4.22. The van der Waals surface area contributed by atoms with Gasteiger partial charge in [0, 0.05) is 13.1 Å². The number of benzene rings is 1. The number of ether oxygens (including phenoxy) is 1. The van der Waals surface area contributed by atoms with Gasteiger partial charge in [-0.2, -0.15) is 0 Å². The maximum absolute atomic E-state index is 12.4. The molecule has 2 atom stereocenters. The molecule has 0 aliphatic heterocycles. The molecule has 0 spiro atoms. The molecule has 1 N–H and O–H groups in total. The second-order valence-electron chi connectivity index (χ2n) is 5.96. The van der Waals surface area contributed by atoms with Crippen LogP contribution >= 0.6 is 0 Å². The maximum Gasteiger partial charge on any atom is 0.256 e. The minimum atomic E-state index is -1.14. The number of carbonyl (C=O) groups excluding carboxylic acids is 1. The van der Waals surface area contributed by atoms with E-state index < -0.39 is 6.10 Å². The number of methoxy groups -OCH3 is 1. The van der Waals surface area contributed by atoms with Crippen LogP contribution in [-0.4, -0.2) is 36.1 Å². The Hall–Kier alpha value is -1.55. The summed E-state index contributed by atoms with van der Waals surface area (Å²) in [5.41, 5.74) is 0.771. The van der Waals surface area contributed by atoms with E-state index in [1.54, 1.807) is 43.3 Å². The van der Waals surface area contributed by atoms with E-state index in [1.807, 2.05) is 6.92 Å². The molecule has 1 aliphatic rings. The molecule has 1 saturated carbocycles. The molecule has 20 heavy (non-hydrogen) atoms. The molecule has 0 aromatic heterocycles. The molecule has 2 rings (SSSR count). The smallest absolute Gasteiger partial charge is 0.256 e. The minimum Gasteiger partial charge on any atom is -0.497 e.